The average molecular weight is 593 g/mol. The minimum Gasteiger partial charge on any atom is -0.497 e. The van der Waals surface area contributed by atoms with Gasteiger partial charge in [-0.2, -0.15) is 13.2 Å². The molecule has 0 saturated heterocycles. The summed E-state index contributed by atoms with van der Waals surface area (Å²) in [5.41, 5.74) is 0.171. The number of ether oxygens (including phenoxy) is 3. The molecule has 8 nitrogen and oxygen atoms in total. The zero-order chi connectivity index (χ0) is 29.5. The molecule has 0 atom stereocenters. The molecule has 41 heavy (non-hydrogen) atoms. The number of benzene rings is 2. The van der Waals surface area contributed by atoms with Gasteiger partial charge in [-0.15, -0.1) is 0 Å². The van der Waals surface area contributed by atoms with E-state index >= 15 is 0 Å². The molecule has 0 saturated carbocycles. The number of methoxy groups -OCH3 is 1. The second-order valence-electron chi connectivity index (χ2n) is 10.6. The zero-order valence-electron chi connectivity index (χ0n) is 22.8. The maximum atomic E-state index is 13.8. The minimum absolute atomic E-state index is 0.0865. The van der Waals surface area contributed by atoms with Crippen molar-refractivity contribution in [2.24, 2.45) is 0 Å². The van der Waals surface area contributed by atoms with Crippen LogP contribution in [0, 0.1) is 5.82 Å². The number of anilines is 1. The smallest absolute Gasteiger partial charge is 0.417 e. The Hall–Kier alpha value is -3.74. The Morgan fingerprint density at radius 2 is 1.85 bits per heavy atom. The standard InChI is InChI=1S/C28H28F4N4O4S/c1-27(2,3)40-26(37)35-10-9-19-21(14-35)33-25(36-13-16-5-7-18(38-4)12-22(16)39-15-36)34-24(19)41-23-8-6-17(29)11-20(23)28(30,31)32/h5-8,11-12H,9-10,13-15H2,1-4H3. The van der Waals surface area contributed by atoms with E-state index in [0.717, 1.165) is 29.5 Å². The van der Waals surface area contributed by atoms with Gasteiger partial charge in [0, 0.05) is 28.6 Å². The number of halogens is 4. The van der Waals surface area contributed by atoms with Crippen LogP contribution in [0.5, 0.6) is 11.5 Å². The minimum atomic E-state index is -4.76. The van der Waals surface area contributed by atoms with Crippen molar-refractivity contribution in [1.82, 2.24) is 14.9 Å². The summed E-state index contributed by atoms with van der Waals surface area (Å²) in [5.74, 6) is 0.531. The highest BCUT2D eigenvalue weighted by molar-refractivity contribution is 7.99. The molecule has 2 aliphatic heterocycles. The molecule has 3 heterocycles. The number of carbonyl (C=O) groups is 1. The van der Waals surface area contributed by atoms with Gasteiger partial charge in [0.2, 0.25) is 5.95 Å². The molecule has 2 aromatic carbocycles. The highest BCUT2D eigenvalue weighted by Crippen LogP contribution is 2.42. The van der Waals surface area contributed by atoms with E-state index in [1.807, 2.05) is 6.07 Å². The van der Waals surface area contributed by atoms with Crippen LogP contribution >= 0.6 is 11.8 Å². The fraction of sp³-hybridized carbons (Fsp3) is 0.393. The second-order valence-corrected chi connectivity index (χ2v) is 11.6. The summed E-state index contributed by atoms with van der Waals surface area (Å²) >= 11 is 0.796. The summed E-state index contributed by atoms with van der Waals surface area (Å²) < 4.78 is 71.9. The van der Waals surface area contributed by atoms with E-state index in [9.17, 15) is 22.4 Å². The maximum absolute atomic E-state index is 13.8. The fourth-order valence-corrected chi connectivity index (χ4v) is 5.56. The van der Waals surface area contributed by atoms with Crippen molar-refractivity contribution in [1.29, 1.82) is 0 Å². The van der Waals surface area contributed by atoms with Gasteiger partial charge in [-0.1, -0.05) is 11.8 Å². The highest BCUT2D eigenvalue weighted by atomic mass is 32.2. The van der Waals surface area contributed by atoms with Gasteiger partial charge in [0.05, 0.1) is 31.5 Å². The molecule has 2 aliphatic rings. The molecule has 0 spiro atoms. The van der Waals surface area contributed by atoms with E-state index in [1.54, 1.807) is 44.9 Å². The van der Waals surface area contributed by atoms with Gasteiger partial charge >= 0.3 is 12.3 Å². The third kappa shape index (κ3) is 6.45. The van der Waals surface area contributed by atoms with Crippen LogP contribution in [-0.4, -0.2) is 46.9 Å². The normalized spacial score (nSPS) is 15.1. The molecular formula is C28H28F4N4O4S. The predicted molar refractivity (Wildman–Crippen MR) is 143 cm³/mol. The lowest BCUT2D eigenvalue weighted by molar-refractivity contribution is -0.139. The number of nitrogens with zero attached hydrogens (tertiary/aromatic N) is 4. The third-order valence-electron chi connectivity index (χ3n) is 6.41. The predicted octanol–water partition coefficient (Wildman–Crippen LogP) is 6.44. The number of alkyl halides is 3. The van der Waals surface area contributed by atoms with Crippen molar-refractivity contribution < 1.29 is 36.6 Å². The van der Waals surface area contributed by atoms with Crippen molar-refractivity contribution in [3.05, 3.63) is 64.6 Å². The first-order valence-electron chi connectivity index (χ1n) is 12.8. The fourth-order valence-electron chi connectivity index (χ4n) is 4.46. The molecule has 1 amide bonds. The SMILES string of the molecule is COc1ccc2c(c1)OCN(c1nc3c(c(Sc4ccc(F)cc4C(F)(F)F)n1)CCN(C(=O)OC(C)(C)C)C3)C2. The topological polar surface area (TPSA) is 77.0 Å². The second kappa shape index (κ2) is 10.9. The summed E-state index contributed by atoms with van der Waals surface area (Å²) in [4.78, 5) is 25.3. The maximum Gasteiger partial charge on any atom is 0.417 e. The molecule has 0 N–H and O–H groups in total. The van der Waals surface area contributed by atoms with Crippen LogP contribution in [0.2, 0.25) is 0 Å². The number of carbonyl (C=O) groups excluding carboxylic acids is 1. The first kappa shape index (κ1) is 28.8. The molecule has 0 radical (unpaired) electrons. The van der Waals surface area contributed by atoms with Crippen molar-refractivity contribution in [3.8, 4) is 11.5 Å². The lowest BCUT2D eigenvalue weighted by Gasteiger charge is -2.33. The third-order valence-corrected chi connectivity index (χ3v) is 7.52. The van der Waals surface area contributed by atoms with E-state index in [1.165, 1.54) is 4.90 Å². The van der Waals surface area contributed by atoms with Crippen LogP contribution in [0.25, 0.3) is 0 Å². The quantitative estimate of drug-likeness (QED) is 0.253. The number of hydrogen-bond acceptors (Lipinski definition) is 8. The molecule has 1 aromatic heterocycles. The lowest BCUT2D eigenvalue weighted by Crippen LogP contribution is -2.41. The Morgan fingerprint density at radius 1 is 1.07 bits per heavy atom. The van der Waals surface area contributed by atoms with Gasteiger partial charge in [-0.3, -0.25) is 0 Å². The van der Waals surface area contributed by atoms with E-state index in [2.05, 4.69) is 4.98 Å². The van der Waals surface area contributed by atoms with E-state index in [4.69, 9.17) is 19.2 Å². The average Bonchev–Trinajstić information content (AvgIpc) is 2.91. The Kier molecular flexibility index (Phi) is 7.66. The van der Waals surface area contributed by atoms with Crippen LogP contribution < -0.4 is 14.4 Å². The summed E-state index contributed by atoms with van der Waals surface area (Å²) in [5, 5.41) is 0.298. The summed E-state index contributed by atoms with van der Waals surface area (Å²) in [6, 6.07) is 7.98. The molecule has 13 heteroatoms. The van der Waals surface area contributed by atoms with Gasteiger partial charge in [-0.05, 0) is 57.5 Å². The number of amides is 1. The number of hydrogen-bond donors (Lipinski definition) is 0. The Labute approximate surface area is 238 Å². The van der Waals surface area contributed by atoms with E-state index in [-0.39, 0.29) is 30.7 Å². The highest BCUT2D eigenvalue weighted by Gasteiger charge is 2.36. The van der Waals surface area contributed by atoms with Crippen LogP contribution in [0.1, 0.15) is 43.2 Å². The van der Waals surface area contributed by atoms with E-state index in [0.29, 0.717) is 46.8 Å². The van der Waals surface area contributed by atoms with Gasteiger partial charge in [0.15, 0.2) is 6.73 Å². The van der Waals surface area contributed by atoms with E-state index < -0.39 is 29.3 Å². The van der Waals surface area contributed by atoms with Crippen molar-refractivity contribution in [2.75, 3.05) is 25.3 Å². The molecule has 0 fully saturated rings. The molecule has 0 aliphatic carbocycles. The Balaban J connectivity index is 1.53. The Morgan fingerprint density at radius 3 is 2.56 bits per heavy atom. The first-order chi connectivity index (χ1) is 19.3. The summed E-state index contributed by atoms with van der Waals surface area (Å²) in [6.07, 6.45) is -4.97. The zero-order valence-corrected chi connectivity index (χ0v) is 23.7. The largest absolute Gasteiger partial charge is 0.497 e. The lowest BCUT2D eigenvalue weighted by atomic mass is 10.1. The van der Waals surface area contributed by atoms with Crippen molar-refractivity contribution in [2.45, 2.75) is 62.0 Å². The Bertz CT molecular complexity index is 1480. The first-order valence-corrected chi connectivity index (χ1v) is 13.6. The molecule has 218 valence electrons. The van der Waals surface area contributed by atoms with Crippen molar-refractivity contribution in [3.63, 3.8) is 0 Å². The molecule has 5 rings (SSSR count). The molecule has 0 bridgehead atoms. The monoisotopic (exact) mass is 592 g/mol. The summed E-state index contributed by atoms with van der Waals surface area (Å²) in [7, 11) is 1.56. The van der Waals surface area contributed by atoms with Crippen molar-refractivity contribution >= 4 is 23.8 Å². The van der Waals surface area contributed by atoms with Gasteiger partial charge in [-0.25, -0.2) is 19.2 Å². The van der Waals surface area contributed by atoms with Crippen LogP contribution in [0.15, 0.2) is 46.3 Å². The van der Waals surface area contributed by atoms with Gasteiger partial charge < -0.3 is 24.0 Å². The van der Waals surface area contributed by atoms with Gasteiger partial charge in [0.1, 0.15) is 27.9 Å². The summed E-state index contributed by atoms with van der Waals surface area (Å²) in [6.45, 7) is 6.13. The number of aromatic nitrogens is 2. The number of rotatable bonds is 4. The van der Waals surface area contributed by atoms with Crippen LogP contribution in [-0.2, 0) is 30.4 Å². The molecular weight excluding hydrogens is 564 g/mol. The molecule has 0 unspecified atom stereocenters. The van der Waals surface area contributed by atoms with Crippen LogP contribution in [0.3, 0.4) is 0 Å². The number of fused-ring (bicyclic) bond motifs is 2. The van der Waals surface area contributed by atoms with Crippen LogP contribution in [0.4, 0.5) is 28.3 Å². The van der Waals surface area contributed by atoms with Gasteiger partial charge in [0.25, 0.3) is 0 Å². The molecule has 3 aromatic rings.